The van der Waals surface area contributed by atoms with E-state index >= 15 is 0 Å². The van der Waals surface area contributed by atoms with Crippen molar-refractivity contribution in [3.05, 3.63) is 24.3 Å². The van der Waals surface area contributed by atoms with Crippen molar-refractivity contribution in [2.75, 3.05) is 42.9 Å². The average Bonchev–Trinajstić information content (AvgIpc) is 2.61. The van der Waals surface area contributed by atoms with Gasteiger partial charge in [-0.25, -0.2) is 4.79 Å². The van der Waals surface area contributed by atoms with Crippen molar-refractivity contribution in [1.82, 2.24) is 10.2 Å². The van der Waals surface area contributed by atoms with Crippen molar-refractivity contribution in [2.24, 2.45) is 11.3 Å². The topological polar surface area (TPSA) is 64.7 Å². The first-order valence-corrected chi connectivity index (χ1v) is 10.4. The predicted molar refractivity (Wildman–Crippen MR) is 116 cm³/mol. The molecule has 0 aromatic heterocycles. The van der Waals surface area contributed by atoms with E-state index in [1.165, 1.54) is 0 Å². The number of nitrogens with zero attached hydrogens (tertiary/aromatic N) is 2. The zero-order chi connectivity index (χ0) is 20.7. The second-order valence-electron chi connectivity index (χ2n) is 8.98. The molecular formula is C22H36N4O2. The molecule has 0 saturated carbocycles. The summed E-state index contributed by atoms with van der Waals surface area (Å²) in [4.78, 5) is 28.3. The van der Waals surface area contributed by atoms with Crippen LogP contribution >= 0.6 is 0 Å². The fourth-order valence-corrected chi connectivity index (χ4v) is 3.83. The molecule has 6 nitrogen and oxygen atoms in total. The Kier molecular flexibility index (Phi) is 7.72. The van der Waals surface area contributed by atoms with Crippen molar-refractivity contribution in [3.8, 4) is 0 Å². The summed E-state index contributed by atoms with van der Waals surface area (Å²) in [6, 6.07) is 8.00. The lowest BCUT2D eigenvalue weighted by Gasteiger charge is -2.36. The number of piperazine rings is 1. The number of hydrogen-bond acceptors (Lipinski definition) is 3. The molecule has 0 radical (unpaired) electrons. The van der Waals surface area contributed by atoms with Crippen LogP contribution in [0.15, 0.2) is 24.3 Å². The van der Waals surface area contributed by atoms with Gasteiger partial charge < -0.3 is 20.4 Å². The summed E-state index contributed by atoms with van der Waals surface area (Å²) >= 11 is 0. The van der Waals surface area contributed by atoms with Crippen molar-refractivity contribution in [2.45, 2.75) is 47.5 Å². The first-order valence-electron chi connectivity index (χ1n) is 10.4. The molecule has 0 spiro atoms. The van der Waals surface area contributed by atoms with Crippen LogP contribution in [0.3, 0.4) is 0 Å². The van der Waals surface area contributed by atoms with Crippen LogP contribution in [-0.2, 0) is 4.79 Å². The first-order chi connectivity index (χ1) is 13.2. The van der Waals surface area contributed by atoms with Gasteiger partial charge in [0, 0.05) is 50.5 Å². The standard InChI is InChI=1S/C22H36N4O2/c1-6-23-21(28)26-13-11-25(12-14-26)19-9-7-18(8-10-19)24-20(27)15-17(2)16-22(3,4)5/h7-10,17H,6,11-16H2,1-5H3,(H,23,28)(H,24,27)/t17-/m0/s1. The molecule has 2 N–H and O–H groups in total. The fraction of sp³-hybridized carbons (Fsp3) is 0.636. The third kappa shape index (κ3) is 7.06. The molecule has 1 atom stereocenters. The van der Waals surface area contributed by atoms with Gasteiger partial charge in [-0.15, -0.1) is 0 Å². The van der Waals surface area contributed by atoms with Gasteiger partial charge in [0.2, 0.25) is 5.91 Å². The van der Waals surface area contributed by atoms with E-state index in [0.29, 0.717) is 18.9 Å². The Morgan fingerprint density at radius 1 is 1.07 bits per heavy atom. The van der Waals surface area contributed by atoms with Crippen molar-refractivity contribution >= 4 is 23.3 Å². The quantitative estimate of drug-likeness (QED) is 0.776. The molecule has 0 unspecified atom stereocenters. The van der Waals surface area contributed by atoms with Crippen molar-refractivity contribution in [3.63, 3.8) is 0 Å². The average molecular weight is 389 g/mol. The lowest BCUT2D eigenvalue weighted by molar-refractivity contribution is -0.117. The van der Waals surface area contributed by atoms with Gasteiger partial charge in [0.25, 0.3) is 0 Å². The van der Waals surface area contributed by atoms with Crippen molar-refractivity contribution < 1.29 is 9.59 Å². The minimum absolute atomic E-state index is 0.0147. The maximum Gasteiger partial charge on any atom is 0.317 e. The van der Waals surface area contributed by atoms with E-state index in [9.17, 15) is 9.59 Å². The first kappa shape index (κ1) is 22.1. The zero-order valence-corrected chi connectivity index (χ0v) is 18.0. The summed E-state index contributed by atoms with van der Waals surface area (Å²) in [6.07, 6.45) is 1.57. The minimum atomic E-state index is 0.0147. The highest BCUT2D eigenvalue weighted by Crippen LogP contribution is 2.26. The van der Waals surface area contributed by atoms with Gasteiger partial charge in [0.15, 0.2) is 0 Å². The van der Waals surface area contributed by atoms with E-state index in [4.69, 9.17) is 0 Å². The molecule has 1 aliphatic heterocycles. The van der Waals surface area contributed by atoms with Gasteiger partial charge >= 0.3 is 6.03 Å². The molecule has 156 valence electrons. The van der Waals surface area contributed by atoms with Gasteiger partial charge in [-0.3, -0.25) is 4.79 Å². The normalized spacial score (nSPS) is 15.9. The molecule has 1 heterocycles. The number of anilines is 2. The van der Waals surface area contributed by atoms with Gasteiger partial charge in [-0.1, -0.05) is 27.7 Å². The van der Waals surface area contributed by atoms with Crippen LogP contribution in [0.25, 0.3) is 0 Å². The fourth-order valence-electron chi connectivity index (χ4n) is 3.83. The maximum atomic E-state index is 12.3. The molecule has 28 heavy (non-hydrogen) atoms. The molecule has 1 aliphatic rings. The molecule has 6 heteroatoms. The summed E-state index contributed by atoms with van der Waals surface area (Å²) in [6.45, 7) is 14.4. The van der Waals surface area contributed by atoms with Crippen LogP contribution in [0, 0.1) is 11.3 Å². The summed E-state index contributed by atoms with van der Waals surface area (Å²) in [5, 5.41) is 5.86. The molecule has 1 saturated heterocycles. The summed E-state index contributed by atoms with van der Waals surface area (Å²) in [5.41, 5.74) is 2.19. The highest BCUT2D eigenvalue weighted by Gasteiger charge is 2.21. The Morgan fingerprint density at radius 2 is 1.68 bits per heavy atom. The summed E-state index contributed by atoms with van der Waals surface area (Å²) < 4.78 is 0. The van der Waals surface area contributed by atoms with E-state index in [-0.39, 0.29) is 17.4 Å². The smallest absolute Gasteiger partial charge is 0.317 e. The highest BCUT2D eigenvalue weighted by atomic mass is 16.2. The zero-order valence-electron chi connectivity index (χ0n) is 18.0. The lowest BCUT2D eigenvalue weighted by atomic mass is 9.84. The summed E-state index contributed by atoms with van der Waals surface area (Å²) in [7, 11) is 0. The predicted octanol–water partition coefficient (Wildman–Crippen LogP) is 3.94. The van der Waals surface area contributed by atoms with Gasteiger partial charge in [-0.2, -0.15) is 0 Å². The molecule has 0 aliphatic carbocycles. The van der Waals surface area contributed by atoms with E-state index < -0.39 is 0 Å². The Balaban J connectivity index is 1.82. The Bertz CT molecular complexity index is 643. The molecule has 1 aromatic carbocycles. The third-order valence-electron chi connectivity index (χ3n) is 4.91. The van der Waals surface area contributed by atoms with E-state index in [1.54, 1.807) is 0 Å². The Labute approximate surface area is 169 Å². The summed E-state index contributed by atoms with van der Waals surface area (Å²) in [5.74, 6) is 0.431. The molecular weight excluding hydrogens is 352 g/mol. The largest absolute Gasteiger partial charge is 0.368 e. The maximum absolute atomic E-state index is 12.3. The second kappa shape index (κ2) is 9.80. The molecule has 1 aromatic rings. The number of nitrogens with one attached hydrogen (secondary N) is 2. The SMILES string of the molecule is CCNC(=O)N1CCN(c2ccc(NC(=O)C[C@H](C)CC(C)(C)C)cc2)CC1. The number of hydrogen-bond donors (Lipinski definition) is 2. The molecule has 2 rings (SSSR count). The number of amides is 3. The highest BCUT2D eigenvalue weighted by molar-refractivity contribution is 5.91. The van der Waals surface area contributed by atoms with Crippen LogP contribution in [0.1, 0.15) is 47.5 Å². The number of benzene rings is 1. The third-order valence-corrected chi connectivity index (χ3v) is 4.91. The van der Waals surface area contributed by atoms with Crippen molar-refractivity contribution in [1.29, 1.82) is 0 Å². The van der Waals surface area contributed by atoms with E-state index in [0.717, 1.165) is 44.0 Å². The minimum Gasteiger partial charge on any atom is -0.368 e. The van der Waals surface area contributed by atoms with Crippen LogP contribution in [0.4, 0.5) is 16.2 Å². The van der Waals surface area contributed by atoms with Crippen LogP contribution < -0.4 is 15.5 Å². The molecule has 0 bridgehead atoms. The molecule has 1 fully saturated rings. The number of rotatable bonds is 6. The second-order valence-corrected chi connectivity index (χ2v) is 8.98. The van der Waals surface area contributed by atoms with E-state index in [1.807, 2.05) is 36.1 Å². The van der Waals surface area contributed by atoms with Crippen LogP contribution in [0.2, 0.25) is 0 Å². The Morgan fingerprint density at radius 3 is 2.21 bits per heavy atom. The number of urea groups is 1. The van der Waals surface area contributed by atoms with Gasteiger partial charge in [0.1, 0.15) is 0 Å². The van der Waals surface area contributed by atoms with Gasteiger partial charge in [0.05, 0.1) is 0 Å². The van der Waals surface area contributed by atoms with E-state index in [2.05, 4.69) is 43.2 Å². The molecule has 3 amide bonds. The van der Waals surface area contributed by atoms with Crippen LogP contribution in [-0.4, -0.2) is 49.6 Å². The number of carbonyl (C=O) groups excluding carboxylic acids is 2. The Hall–Kier alpha value is -2.24. The lowest BCUT2D eigenvalue weighted by Crippen LogP contribution is -2.51. The monoisotopic (exact) mass is 388 g/mol. The van der Waals surface area contributed by atoms with Gasteiger partial charge in [-0.05, 0) is 48.9 Å². The number of carbonyl (C=O) groups is 2. The van der Waals surface area contributed by atoms with Crippen LogP contribution in [0.5, 0.6) is 0 Å².